The van der Waals surface area contributed by atoms with E-state index in [0.717, 1.165) is 4.88 Å². The lowest BCUT2D eigenvalue weighted by molar-refractivity contribution is 0.215. The fourth-order valence-electron chi connectivity index (χ4n) is 0.584. The Labute approximate surface area is 68.5 Å². The molecule has 1 aromatic rings. The van der Waals surface area contributed by atoms with Crippen LogP contribution in [0.25, 0.3) is 0 Å². The van der Waals surface area contributed by atoms with Crippen molar-refractivity contribution >= 4 is 17.6 Å². The molecule has 0 saturated heterocycles. The highest BCUT2D eigenvalue weighted by molar-refractivity contribution is 7.11. The summed E-state index contributed by atoms with van der Waals surface area (Å²) in [6, 6.07) is 3.79. The molecular formula is C7H6N2OS. The molecule has 0 spiro atoms. The first-order valence-corrected chi connectivity index (χ1v) is 3.80. The Morgan fingerprint density at radius 1 is 1.82 bits per heavy atom. The van der Waals surface area contributed by atoms with E-state index in [-0.39, 0.29) is 0 Å². The van der Waals surface area contributed by atoms with Crippen LogP contribution >= 0.6 is 11.3 Å². The monoisotopic (exact) mass is 166 g/mol. The molecular weight excluding hydrogens is 160 g/mol. The van der Waals surface area contributed by atoms with Gasteiger partial charge in [0, 0.05) is 5.38 Å². The Morgan fingerprint density at radius 3 is 3.18 bits per heavy atom. The van der Waals surface area contributed by atoms with E-state index in [2.05, 4.69) is 9.99 Å². The lowest BCUT2D eigenvalue weighted by atomic mass is 10.3. The van der Waals surface area contributed by atoms with Crippen LogP contribution < -0.4 is 0 Å². The fraction of sp³-hybridized carbons (Fsp3) is 0.143. The molecule has 0 amide bonds. The molecule has 0 aromatic carbocycles. The first kappa shape index (κ1) is 7.76. The Morgan fingerprint density at radius 2 is 2.64 bits per heavy atom. The summed E-state index contributed by atoms with van der Waals surface area (Å²) in [6.45, 7) is 0. The summed E-state index contributed by atoms with van der Waals surface area (Å²) in [5.74, 6) is 0. The van der Waals surface area contributed by atoms with Crippen LogP contribution in [0.15, 0.2) is 16.6 Å². The maximum Gasteiger partial charge on any atom is 0.106 e. The topological polar surface area (TPSA) is 45.4 Å². The molecule has 0 aliphatic heterocycles. The van der Waals surface area contributed by atoms with Crippen molar-refractivity contribution in [2.45, 2.75) is 0 Å². The van der Waals surface area contributed by atoms with Gasteiger partial charge in [-0.15, -0.1) is 11.3 Å². The summed E-state index contributed by atoms with van der Waals surface area (Å²) in [5, 5.41) is 13.8. The van der Waals surface area contributed by atoms with Crippen molar-refractivity contribution in [1.82, 2.24) is 0 Å². The molecule has 0 fully saturated rings. The standard InChI is InChI=1S/C7H6N2OS/c1-10-9-4-7-2-6(3-8)5-11-7/h2,4-5H,1H3. The number of nitriles is 1. The summed E-state index contributed by atoms with van der Waals surface area (Å²) in [7, 11) is 1.48. The van der Waals surface area contributed by atoms with E-state index in [9.17, 15) is 0 Å². The molecule has 11 heavy (non-hydrogen) atoms. The highest BCUT2D eigenvalue weighted by atomic mass is 32.1. The number of rotatable bonds is 2. The van der Waals surface area contributed by atoms with Crippen LogP contribution in [0.4, 0.5) is 0 Å². The molecule has 0 bridgehead atoms. The smallest absolute Gasteiger partial charge is 0.106 e. The molecule has 1 aromatic heterocycles. The first-order valence-electron chi connectivity index (χ1n) is 2.92. The van der Waals surface area contributed by atoms with Gasteiger partial charge in [-0.1, -0.05) is 5.16 Å². The van der Waals surface area contributed by atoms with Gasteiger partial charge in [-0.25, -0.2) is 0 Å². The van der Waals surface area contributed by atoms with Gasteiger partial charge in [0.25, 0.3) is 0 Å². The molecule has 0 N–H and O–H groups in total. The zero-order valence-electron chi connectivity index (χ0n) is 5.94. The van der Waals surface area contributed by atoms with E-state index in [0.29, 0.717) is 5.56 Å². The van der Waals surface area contributed by atoms with Crippen LogP contribution in [0.1, 0.15) is 10.4 Å². The summed E-state index contributed by atoms with van der Waals surface area (Å²) in [5.41, 5.74) is 0.660. The number of nitrogens with zero attached hydrogens (tertiary/aromatic N) is 2. The minimum atomic E-state index is 0.660. The van der Waals surface area contributed by atoms with E-state index >= 15 is 0 Å². The van der Waals surface area contributed by atoms with Gasteiger partial charge in [0.15, 0.2) is 0 Å². The van der Waals surface area contributed by atoms with Crippen molar-refractivity contribution in [2.75, 3.05) is 7.11 Å². The Kier molecular flexibility index (Phi) is 2.64. The van der Waals surface area contributed by atoms with Gasteiger partial charge in [0.05, 0.1) is 16.7 Å². The average molecular weight is 166 g/mol. The predicted molar refractivity (Wildman–Crippen MR) is 43.6 cm³/mol. The second-order valence-electron chi connectivity index (χ2n) is 1.77. The van der Waals surface area contributed by atoms with Crippen molar-refractivity contribution in [3.8, 4) is 6.07 Å². The molecule has 0 atom stereocenters. The van der Waals surface area contributed by atoms with Crippen molar-refractivity contribution in [2.24, 2.45) is 5.16 Å². The third-order valence-corrected chi connectivity index (χ3v) is 1.90. The highest BCUT2D eigenvalue weighted by Gasteiger charge is 1.94. The van der Waals surface area contributed by atoms with Crippen molar-refractivity contribution in [3.63, 3.8) is 0 Å². The van der Waals surface area contributed by atoms with E-state index in [1.54, 1.807) is 17.7 Å². The first-order chi connectivity index (χ1) is 5.36. The van der Waals surface area contributed by atoms with Crippen molar-refractivity contribution < 1.29 is 4.84 Å². The maximum absolute atomic E-state index is 8.46. The van der Waals surface area contributed by atoms with Gasteiger partial charge in [-0.3, -0.25) is 0 Å². The molecule has 3 nitrogen and oxygen atoms in total. The number of hydrogen-bond acceptors (Lipinski definition) is 4. The zero-order valence-corrected chi connectivity index (χ0v) is 6.76. The molecule has 1 heterocycles. The third-order valence-electron chi connectivity index (χ3n) is 1.03. The molecule has 0 radical (unpaired) electrons. The molecule has 0 unspecified atom stereocenters. The second-order valence-corrected chi connectivity index (χ2v) is 2.71. The van der Waals surface area contributed by atoms with Crippen LogP contribution in [0.3, 0.4) is 0 Å². The van der Waals surface area contributed by atoms with Crippen molar-refractivity contribution in [3.05, 3.63) is 21.9 Å². The van der Waals surface area contributed by atoms with Crippen LogP contribution in [-0.4, -0.2) is 13.3 Å². The average Bonchev–Trinajstić information content (AvgIpc) is 2.48. The summed E-state index contributed by atoms with van der Waals surface area (Å²) in [4.78, 5) is 5.40. The predicted octanol–water partition coefficient (Wildman–Crippen LogP) is 1.60. The van der Waals surface area contributed by atoms with Crippen LogP contribution in [-0.2, 0) is 4.84 Å². The van der Waals surface area contributed by atoms with Gasteiger partial charge >= 0.3 is 0 Å². The summed E-state index contributed by atoms with van der Waals surface area (Å²) < 4.78 is 0. The molecule has 1 rings (SSSR count). The van der Waals surface area contributed by atoms with E-state index in [4.69, 9.17) is 5.26 Å². The fourth-order valence-corrected chi connectivity index (χ4v) is 1.27. The van der Waals surface area contributed by atoms with Gasteiger partial charge in [0.2, 0.25) is 0 Å². The maximum atomic E-state index is 8.46. The van der Waals surface area contributed by atoms with Crippen LogP contribution in [0, 0.1) is 11.3 Å². The molecule has 56 valence electrons. The Bertz CT molecular complexity index is 298. The zero-order chi connectivity index (χ0) is 8.10. The lowest BCUT2D eigenvalue weighted by Crippen LogP contribution is -1.73. The third kappa shape index (κ3) is 2.06. The Hall–Kier alpha value is -1.34. The SMILES string of the molecule is CON=Cc1cc(C#N)cs1. The quantitative estimate of drug-likeness (QED) is 0.494. The largest absolute Gasteiger partial charge is 0.399 e. The number of oxime groups is 1. The molecule has 4 heteroatoms. The molecule has 0 aliphatic carbocycles. The van der Waals surface area contributed by atoms with Gasteiger partial charge in [0.1, 0.15) is 13.2 Å². The second kappa shape index (κ2) is 3.74. The van der Waals surface area contributed by atoms with E-state index in [1.807, 2.05) is 6.07 Å². The lowest BCUT2D eigenvalue weighted by Gasteiger charge is -1.81. The van der Waals surface area contributed by atoms with Gasteiger partial charge in [-0.05, 0) is 6.07 Å². The normalized spacial score (nSPS) is 9.82. The van der Waals surface area contributed by atoms with Gasteiger partial charge < -0.3 is 4.84 Å². The highest BCUT2D eigenvalue weighted by Crippen LogP contribution is 2.10. The molecule has 0 aliphatic rings. The number of thiophene rings is 1. The van der Waals surface area contributed by atoms with E-state index in [1.165, 1.54) is 18.4 Å². The Balaban J connectivity index is 2.75. The van der Waals surface area contributed by atoms with Gasteiger partial charge in [-0.2, -0.15) is 5.26 Å². The van der Waals surface area contributed by atoms with Crippen molar-refractivity contribution in [1.29, 1.82) is 5.26 Å². The van der Waals surface area contributed by atoms with E-state index < -0.39 is 0 Å². The number of hydrogen-bond donors (Lipinski definition) is 0. The summed E-state index contributed by atoms with van der Waals surface area (Å²) >= 11 is 1.46. The molecule has 0 saturated carbocycles. The van der Waals surface area contributed by atoms with Crippen LogP contribution in [0.5, 0.6) is 0 Å². The van der Waals surface area contributed by atoms with Crippen LogP contribution in [0.2, 0.25) is 0 Å². The minimum Gasteiger partial charge on any atom is -0.399 e. The summed E-state index contributed by atoms with van der Waals surface area (Å²) in [6.07, 6.45) is 1.57. The minimum absolute atomic E-state index is 0.660.